The minimum atomic E-state index is 0.344. The second-order valence-corrected chi connectivity index (χ2v) is 2.98. The summed E-state index contributed by atoms with van der Waals surface area (Å²) in [5, 5.41) is 8.64. The third kappa shape index (κ3) is 2.39. The molecule has 0 aromatic carbocycles. The van der Waals surface area contributed by atoms with Gasteiger partial charge in [0.25, 0.3) is 0 Å². The van der Waals surface area contributed by atoms with Crippen molar-refractivity contribution in [3.63, 3.8) is 0 Å². The van der Waals surface area contributed by atoms with Crippen LogP contribution < -0.4 is 0 Å². The molecule has 0 saturated heterocycles. The molecule has 1 atom stereocenters. The quantitative estimate of drug-likeness (QED) is 0.502. The molecule has 0 aromatic rings. The molecule has 1 radical (unpaired) electrons. The Labute approximate surface area is 63.0 Å². The zero-order valence-electron chi connectivity index (χ0n) is 6.34. The fourth-order valence-corrected chi connectivity index (χ4v) is 1.42. The van der Waals surface area contributed by atoms with Crippen LogP contribution in [0.5, 0.6) is 0 Å². The van der Waals surface area contributed by atoms with Gasteiger partial charge in [0, 0.05) is 5.92 Å². The van der Waals surface area contributed by atoms with E-state index in [1.165, 1.54) is 19.3 Å². The topological polar surface area (TPSA) is 23.8 Å². The molecule has 1 aliphatic carbocycles. The smallest absolute Gasteiger partial charge is 0.0655 e. The summed E-state index contributed by atoms with van der Waals surface area (Å²) >= 11 is 0. The molecule has 1 rings (SSSR count). The lowest BCUT2D eigenvalue weighted by Crippen LogP contribution is -2.00. The SMILES string of the molecule is N#CC1CC[CH]CCCC1. The molecule has 0 N–H and O–H groups in total. The minimum absolute atomic E-state index is 0.344. The average molecular weight is 136 g/mol. The monoisotopic (exact) mass is 136 g/mol. The maximum Gasteiger partial charge on any atom is 0.0655 e. The molecule has 55 valence electrons. The van der Waals surface area contributed by atoms with Crippen LogP contribution >= 0.6 is 0 Å². The molecule has 0 aromatic heterocycles. The van der Waals surface area contributed by atoms with Gasteiger partial charge in [0.15, 0.2) is 0 Å². The van der Waals surface area contributed by atoms with Crippen LogP contribution in [-0.2, 0) is 0 Å². The Balaban J connectivity index is 2.24. The Morgan fingerprint density at radius 3 is 2.90 bits per heavy atom. The number of nitriles is 1. The highest BCUT2D eigenvalue weighted by Gasteiger charge is 2.08. The predicted octanol–water partition coefficient (Wildman–Crippen LogP) is 2.68. The van der Waals surface area contributed by atoms with E-state index < -0.39 is 0 Å². The van der Waals surface area contributed by atoms with Crippen molar-refractivity contribution in [3.05, 3.63) is 6.42 Å². The van der Waals surface area contributed by atoms with E-state index in [1.54, 1.807) is 0 Å². The van der Waals surface area contributed by atoms with E-state index in [-0.39, 0.29) is 0 Å². The highest BCUT2D eigenvalue weighted by atomic mass is 14.3. The molecule has 0 aliphatic heterocycles. The van der Waals surface area contributed by atoms with Crippen LogP contribution in [0.2, 0.25) is 0 Å². The molecule has 10 heavy (non-hydrogen) atoms. The van der Waals surface area contributed by atoms with Crippen LogP contribution in [0.4, 0.5) is 0 Å². The first-order valence-corrected chi connectivity index (χ1v) is 4.15. The van der Waals surface area contributed by atoms with Crippen molar-refractivity contribution in [2.75, 3.05) is 0 Å². The third-order valence-corrected chi connectivity index (χ3v) is 2.11. The summed E-state index contributed by atoms with van der Waals surface area (Å²) < 4.78 is 0. The van der Waals surface area contributed by atoms with E-state index >= 15 is 0 Å². The summed E-state index contributed by atoms with van der Waals surface area (Å²) in [4.78, 5) is 0. The normalized spacial score (nSPS) is 22.7. The third-order valence-electron chi connectivity index (χ3n) is 2.11. The first-order chi connectivity index (χ1) is 4.93. The van der Waals surface area contributed by atoms with Gasteiger partial charge in [0.2, 0.25) is 0 Å². The molecule has 1 aliphatic rings. The summed E-state index contributed by atoms with van der Waals surface area (Å²) in [7, 11) is 0. The van der Waals surface area contributed by atoms with Gasteiger partial charge in [0.1, 0.15) is 0 Å². The van der Waals surface area contributed by atoms with E-state index in [4.69, 9.17) is 5.26 Å². The standard InChI is InChI=1S/C9H14N/c10-8-9-6-4-2-1-3-5-7-9/h2,9H,1,3-7H2. The predicted molar refractivity (Wildman–Crippen MR) is 41.1 cm³/mol. The Morgan fingerprint density at radius 1 is 1.20 bits per heavy atom. The largest absolute Gasteiger partial charge is 0.198 e. The molecular formula is C9H14N. The second kappa shape index (κ2) is 4.33. The first kappa shape index (κ1) is 7.60. The lowest BCUT2D eigenvalue weighted by atomic mass is 9.92. The van der Waals surface area contributed by atoms with Crippen molar-refractivity contribution in [2.45, 2.75) is 38.5 Å². The van der Waals surface area contributed by atoms with Crippen LogP contribution in [0, 0.1) is 23.7 Å². The van der Waals surface area contributed by atoms with Gasteiger partial charge in [-0.2, -0.15) is 5.26 Å². The summed E-state index contributed by atoms with van der Waals surface area (Å²) in [6.07, 6.45) is 9.49. The van der Waals surface area contributed by atoms with Crippen LogP contribution in [0.25, 0.3) is 0 Å². The lowest BCUT2D eigenvalue weighted by Gasteiger charge is -2.11. The lowest BCUT2D eigenvalue weighted by molar-refractivity contribution is 0.485. The number of nitrogens with zero attached hydrogens (tertiary/aromatic N) is 1. The van der Waals surface area contributed by atoms with Crippen molar-refractivity contribution in [2.24, 2.45) is 5.92 Å². The first-order valence-electron chi connectivity index (χ1n) is 4.15. The van der Waals surface area contributed by atoms with Gasteiger partial charge < -0.3 is 0 Å². The van der Waals surface area contributed by atoms with Crippen molar-refractivity contribution in [3.8, 4) is 6.07 Å². The summed E-state index contributed by atoms with van der Waals surface area (Å²) in [6.45, 7) is 0. The Kier molecular flexibility index (Phi) is 3.29. The zero-order chi connectivity index (χ0) is 7.23. The highest BCUT2D eigenvalue weighted by molar-refractivity contribution is 4.85. The second-order valence-electron chi connectivity index (χ2n) is 2.98. The van der Waals surface area contributed by atoms with Gasteiger partial charge in [-0.25, -0.2) is 0 Å². The minimum Gasteiger partial charge on any atom is -0.198 e. The number of hydrogen-bond donors (Lipinski definition) is 0. The van der Waals surface area contributed by atoms with Gasteiger partial charge in [0.05, 0.1) is 6.07 Å². The average Bonchev–Trinajstić information content (AvgIpc) is 1.87. The van der Waals surface area contributed by atoms with E-state index in [1.807, 2.05) is 0 Å². The molecular weight excluding hydrogens is 122 g/mol. The highest BCUT2D eigenvalue weighted by Crippen LogP contribution is 2.20. The van der Waals surface area contributed by atoms with Gasteiger partial charge in [-0.3, -0.25) is 0 Å². The molecule has 0 spiro atoms. The Morgan fingerprint density at radius 2 is 2.10 bits per heavy atom. The Bertz CT molecular complexity index is 115. The molecule has 1 unspecified atom stereocenters. The number of rotatable bonds is 0. The van der Waals surface area contributed by atoms with Crippen LogP contribution in [-0.4, -0.2) is 0 Å². The molecule has 1 heteroatoms. The van der Waals surface area contributed by atoms with Crippen molar-refractivity contribution in [1.82, 2.24) is 0 Å². The molecule has 0 heterocycles. The maximum atomic E-state index is 8.64. The van der Waals surface area contributed by atoms with E-state index in [9.17, 15) is 0 Å². The van der Waals surface area contributed by atoms with Crippen molar-refractivity contribution in [1.29, 1.82) is 5.26 Å². The number of hydrogen-bond acceptors (Lipinski definition) is 1. The van der Waals surface area contributed by atoms with Crippen LogP contribution in [0.3, 0.4) is 0 Å². The molecule has 0 amide bonds. The molecule has 1 nitrogen and oxygen atoms in total. The van der Waals surface area contributed by atoms with Crippen LogP contribution in [0.15, 0.2) is 0 Å². The van der Waals surface area contributed by atoms with E-state index in [0.29, 0.717) is 5.92 Å². The fraction of sp³-hybridized carbons (Fsp3) is 0.778. The van der Waals surface area contributed by atoms with Crippen molar-refractivity contribution < 1.29 is 0 Å². The van der Waals surface area contributed by atoms with E-state index in [0.717, 1.165) is 19.3 Å². The molecule has 0 bridgehead atoms. The molecule has 1 saturated carbocycles. The van der Waals surface area contributed by atoms with Gasteiger partial charge >= 0.3 is 0 Å². The van der Waals surface area contributed by atoms with Crippen molar-refractivity contribution >= 4 is 0 Å². The summed E-state index contributed by atoms with van der Waals surface area (Å²) in [6, 6.07) is 2.35. The van der Waals surface area contributed by atoms with Gasteiger partial charge in [-0.1, -0.05) is 19.3 Å². The van der Waals surface area contributed by atoms with Gasteiger partial charge in [-0.05, 0) is 25.7 Å². The molecule has 1 fully saturated rings. The summed E-state index contributed by atoms with van der Waals surface area (Å²) in [5.41, 5.74) is 0. The fourth-order valence-electron chi connectivity index (χ4n) is 1.42. The maximum absolute atomic E-state index is 8.64. The van der Waals surface area contributed by atoms with E-state index in [2.05, 4.69) is 12.5 Å². The summed E-state index contributed by atoms with van der Waals surface area (Å²) in [5.74, 6) is 0.344. The zero-order valence-corrected chi connectivity index (χ0v) is 6.34. The Hall–Kier alpha value is -0.510. The van der Waals surface area contributed by atoms with Gasteiger partial charge in [-0.15, -0.1) is 0 Å². The van der Waals surface area contributed by atoms with Crippen LogP contribution in [0.1, 0.15) is 38.5 Å².